The first-order valence-electron chi connectivity index (χ1n) is 10.4. The molecule has 1 fully saturated rings. The number of nitrogens with one attached hydrogen (secondary N) is 1. The van der Waals surface area contributed by atoms with Crippen LogP contribution in [-0.4, -0.2) is 41.7 Å². The largest absolute Gasteiger partial charge is 0.350 e. The molecule has 3 aromatic rings. The molecule has 1 amide bonds. The molecule has 2 aliphatic carbocycles. The van der Waals surface area contributed by atoms with Gasteiger partial charge >= 0.3 is 0 Å². The van der Waals surface area contributed by atoms with Crippen molar-refractivity contribution in [2.24, 2.45) is 0 Å². The standard InChI is InChI=1S/C20H23N7O3/c28-18-10-9-17(26-12-21-11-22-26)24-27(18)14-7-5-13(6-8-14)23-20(29)19-15-3-1-2-4-16(15)25-30-19/h9-14H,1-8H2,(H,23,29). The molecule has 0 saturated heterocycles. The summed E-state index contributed by atoms with van der Waals surface area (Å²) in [6.45, 7) is 0. The minimum atomic E-state index is -0.183. The number of carbonyl (C=O) groups is 1. The van der Waals surface area contributed by atoms with Crippen LogP contribution in [0.4, 0.5) is 0 Å². The number of hydrogen-bond acceptors (Lipinski definition) is 7. The van der Waals surface area contributed by atoms with E-state index in [0.29, 0.717) is 11.6 Å². The number of rotatable bonds is 4. The Morgan fingerprint density at radius 3 is 2.77 bits per heavy atom. The monoisotopic (exact) mass is 409 g/mol. The van der Waals surface area contributed by atoms with Gasteiger partial charge in [0.25, 0.3) is 11.5 Å². The molecule has 10 heteroatoms. The second-order valence-electron chi connectivity index (χ2n) is 7.94. The summed E-state index contributed by atoms with van der Waals surface area (Å²) in [6, 6.07) is 3.18. The first-order valence-corrected chi connectivity index (χ1v) is 10.4. The normalized spacial score (nSPS) is 21.2. The fourth-order valence-electron chi connectivity index (χ4n) is 4.41. The molecule has 5 rings (SSSR count). The zero-order chi connectivity index (χ0) is 20.5. The summed E-state index contributed by atoms with van der Waals surface area (Å²) in [5.41, 5.74) is 1.75. The Balaban J connectivity index is 1.24. The van der Waals surface area contributed by atoms with Crippen molar-refractivity contribution in [3.63, 3.8) is 0 Å². The van der Waals surface area contributed by atoms with Gasteiger partial charge in [-0.1, -0.05) is 5.16 Å². The highest BCUT2D eigenvalue weighted by Crippen LogP contribution is 2.28. The average Bonchev–Trinajstić information content (AvgIpc) is 3.45. The third-order valence-corrected chi connectivity index (χ3v) is 6.01. The van der Waals surface area contributed by atoms with E-state index in [0.717, 1.165) is 62.6 Å². The summed E-state index contributed by atoms with van der Waals surface area (Å²) in [5, 5.41) is 15.7. The Hall–Kier alpha value is -3.30. The molecule has 0 aliphatic heterocycles. The van der Waals surface area contributed by atoms with E-state index in [4.69, 9.17) is 4.52 Å². The molecule has 30 heavy (non-hydrogen) atoms. The average molecular weight is 409 g/mol. The lowest BCUT2D eigenvalue weighted by molar-refractivity contribution is 0.0882. The lowest BCUT2D eigenvalue weighted by atomic mass is 9.91. The van der Waals surface area contributed by atoms with Crippen LogP contribution >= 0.6 is 0 Å². The number of carbonyl (C=O) groups excluding carboxylic acids is 1. The Bertz CT molecular complexity index is 1090. The maximum Gasteiger partial charge on any atom is 0.290 e. The Kier molecular flexibility index (Phi) is 4.89. The van der Waals surface area contributed by atoms with Crippen molar-refractivity contribution in [3.05, 3.63) is 52.2 Å². The van der Waals surface area contributed by atoms with Crippen molar-refractivity contribution in [2.45, 2.75) is 63.5 Å². The highest BCUT2D eigenvalue weighted by Gasteiger charge is 2.29. The predicted molar refractivity (Wildman–Crippen MR) is 105 cm³/mol. The van der Waals surface area contributed by atoms with Crippen LogP contribution in [-0.2, 0) is 12.8 Å². The second kappa shape index (κ2) is 7.85. The van der Waals surface area contributed by atoms with Crippen molar-refractivity contribution in [2.75, 3.05) is 0 Å². The van der Waals surface area contributed by atoms with E-state index in [9.17, 15) is 9.59 Å². The van der Waals surface area contributed by atoms with Crippen LogP contribution in [0.15, 0.2) is 34.1 Å². The summed E-state index contributed by atoms with van der Waals surface area (Å²) < 4.78 is 8.40. The predicted octanol–water partition coefficient (Wildman–Crippen LogP) is 1.60. The summed E-state index contributed by atoms with van der Waals surface area (Å²) in [6.07, 6.45) is 9.93. The number of aromatic nitrogens is 6. The molecule has 0 bridgehead atoms. The smallest absolute Gasteiger partial charge is 0.290 e. The zero-order valence-corrected chi connectivity index (χ0v) is 16.5. The van der Waals surface area contributed by atoms with Crippen LogP contribution in [0.5, 0.6) is 0 Å². The van der Waals surface area contributed by atoms with Crippen molar-refractivity contribution < 1.29 is 9.32 Å². The van der Waals surface area contributed by atoms with Gasteiger partial charge in [0.15, 0.2) is 5.82 Å². The van der Waals surface area contributed by atoms with Gasteiger partial charge in [0.1, 0.15) is 12.7 Å². The van der Waals surface area contributed by atoms with Crippen molar-refractivity contribution in [1.29, 1.82) is 0 Å². The number of fused-ring (bicyclic) bond motifs is 1. The first kappa shape index (κ1) is 18.7. The van der Waals surface area contributed by atoms with Gasteiger partial charge in [0.2, 0.25) is 5.76 Å². The van der Waals surface area contributed by atoms with Crippen molar-refractivity contribution in [1.82, 2.24) is 35.0 Å². The lowest BCUT2D eigenvalue weighted by Crippen LogP contribution is -2.40. The Morgan fingerprint density at radius 2 is 1.97 bits per heavy atom. The van der Waals surface area contributed by atoms with Gasteiger partial charge in [0.05, 0.1) is 11.7 Å². The van der Waals surface area contributed by atoms with E-state index in [1.807, 2.05) is 0 Å². The van der Waals surface area contributed by atoms with Gasteiger partial charge in [0, 0.05) is 17.7 Å². The third kappa shape index (κ3) is 3.53. The second-order valence-corrected chi connectivity index (χ2v) is 7.94. The van der Waals surface area contributed by atoms with Gasteiger partial charge in [-0.2, -0.15) is 5.10 Å². The number of aryl methyl sites for hydroxylation is 1. The molecule has 0 unspecified atom stereocenters. The molecule has 2 aliphatic rings. The lowest BCUT2D eigenvalue weighted by Gasteiger charge is -2.29. The molecule has 3 aromatic heterocycles. The molecule has 0 atom stereocenters. The maximum atomic E-state index is 12.7. The maximum absolute atomic E-state index is 12.7. The van der Waals surface area contributed by atoms with E-state index in [1.54, 1.807) is 12.4 Å². The highest BCUT2D eigenvalue weighted by molar-refractivity contribution is 5.93. The number of nitrogens with zero attached hydrogens (tertiary/aromatic N) is 6. The van der Waals surface area contributed by atoms with E-state index < -0.39 is 0 Å². The highest BCUT2D eigenvalue weighted by atomic mass is 16.5. The molecule has 156 valence electrons. The molecular weight excluding hydrogens is 386 g/mol. The zero-order valence-electron chi connectivity index (χ0n) is 16.5. The fraction of sp³-hybridized carbons (Fsp3) is 0.500. The Labute approximate surface area is 172 Å². The molecule has 0 spiro atoms. The summed E-state index contributed by atoms with van der Waals surface area (Å²) in [7, 11) is 0. The van der Waals surface area contributed by atoms with E-state index in [-0.39, 0.29) is 23.6 Å². The fourth-order valence-corrected chi connectivity index (χ4v) is 4.41. The van der Waals surface area contributed by atoms with Crippen molar-refractivity contribution >= 4 is 5.91 Å². The van der Waals surface area contributed by atoms with Crippen molar-refractivity contribution in [3.8, 4) is 5.82 Å². The Morgan fingerprint density at radius 1 is 1.13 bits per heavy atom. The molecule has 3 heterocycles. The van der Waals surface area contributed by atoms with Gasteiger partial charge < -0.3 is 9.84 Å². The number of hydrogen-bond donors (Lipinski definition) is 1. The molecular formula is C20H23N7O3. The van der Waals surface area contributed by atoms with Crippen LogP contribution in [0.1, 0.15) is 66.4 Å². The SMILES string of the molecule is O=C(NC1CCC(n2nc(-n3cncn3)ccc2=O)CC1)c1onc2c1CCCC2. The van der Waals surface area contributed by atoms with Gasteiger partial charge in [-0.15, -0.1) is 5.10 Å². The molecule has 10 nitrogen and oxygen atoms in total. The van der Waals surface area contributed by atoms with E-state index in [1.165, 1.54) is 21.8 Å². The summed E-state index contributed by atoms with van der Waals surface area (Å²) in [4.78, 5) is 29.0. The van der Waals surface area contributed by atoms with E-state index in [2.05, 4.69) is 25.7 Å². The minimum Gasteiger partial charge on any atom is -0.350 e. The topological polar surface area (TPSA) is 121 Å². The summed E-state index contributed by atoms with van der Waals surface area (Å²) >= 11 is 0. The first-order chi connectivity index (χ1) is 14.7. The van der Waals surface area contributed by atoms with Gasteiger partial charge in [-0.3, -0.25) is 9.59 Å². The molecule has 1 saturated carbocycles. The minimum absolute atomic E-state index is 0.00726. The number of amides is 1. The van der Waals surface area contributed by atoms with Crippen LogP contribution in [0.25, 0.3) is 5.82 Å². The van der Waals surface area contributed by atoms with E-state index >= 15 is 0 Å². The van der Waals surface area contributed by atoms with Crippen LogP contribution in [0, 0.1) is 0 Å². The van der Waals surface area contributed by atoms with Gasteiger partial charge in [-0.05, 0) is 57.4 Å². The quantitative estimate of drug-likeness (QED) is 0.695. The third-order valence-electron chi connectivity index (χ3n) is 6.01. The van der Waals surface area contributed by atoms with Gasteiger partial charge in [-0.25, -0.2) is 14.3 Å². The van der Waals surface area contributed by atoms with Crippen LogP contribution in [0.3, 0.4) is 0 Å². The molecule has 0 aromatic carbocycles. The van der Waals surface area contributed by atoms with Crippen LogP contribution in [0.2, 0.25) is 0 Å². The van der Waals surface area contributed by atoms with Crippen LogP contribution < -0.4 is 10.9 Å². The molecule has 1 N–H and O–H groups in total. The molecule has 0 radical (unpaired) electrons. The summed E-state index contributed by atoms with van der Waals surface area (Å²) in [5.74, 6) is 0.737.